The molecule has 5 heteroatoms. The van der Waals surface area contributed by atoms with Crippen molar-refractivity contribution >= 4 is 16.8 Å². The summed E-state index contributed by atoms with van der Waals surface area (Å²) in [6, 6.07) is 9.79. The average molecular weight is 338 g/mol. The maximum Gasteiger partial charge on any atom is 0.254 e. The van der Waals surface area contributed by atoms with E-state index in [0.29, 0.717) is 18.7 Å². The topological polar surface area (TPSA) is 45.3 Å². The molecule has 0 radical (unpaired) electrons. The molecule has 0 bridgehead atoms. The van der Waals surface area contributed by atoms with Gasteiger partial charge in [0, 0.05) is 34.3 Å². The summed E-state index contributed by atoms with van der Waals surface area (Å²) in [6.45, 7) is 3.08. The van der Waals surface area contributed by atoms with Gasteiger partial charge in [-0.05, 0) is 49.2 Å². The molecule has 0 aliphatic carbocycles. The van der Waals surface area contributed by atoms with Gasteiger partial charge in [0.15, 0.2) is 0 Å². The molecule has 0 saturated carbocycles. The summed E-state index contributed by atoms with van der Waals surface area (Å²) in [5.41, 5.74) is 4.77. The molecule has 0 unspecified atom stereocenters. The summed E-state index contributed by atoms with van der Waals surface area (Å²) in [4.78, 5) is 18.1. The Morgan fingerprint density at radius 2 is 2.08 bits per heavy atom. The highest BCUT2D eigenvalue weighted by Crippen LogP contribution is 2.35. The molecule has 4 nitrogen and oxygen atoms in total. The van der Waals surface area contributed by atoms with Crippen LogP contribution in [-0.4, -0.2) is 29.4 Å². The number of hydrogen-bond acceptors (Lipinski definition) is 2. The number of rotatable bonds is 2. The number of aromatic nitrogens is 1. The standard InChI is InChI=1S/C20H19FN2O2/c1-12-15-8-9-23(20(24)13-4-3-5-14(21)10-13)11-16-18(25-2)7-6-17(22-12)19(15)16/h3-7,10,22H,8-9,11H2,1-2H3. The number of nitrogens with one attached hydrogen (secondary N) is 1. The number of H-pyrrole nitrogens is 1. The fourth-order valence-electron chi connectivity index (χ4n) is 3.70. The van der Waals surface area contributed by atoms with Gasteiger partial charge >= 0.3 is 0 Å². The SMILES string of the molecule is COc1ccc2[nH]c(C)c3c2c1CN(C(=O)c1cccc(F)c1)CC3. The first kappa shape index (κ1) is 15.7. The Balaban J connectivity index is 1.79. The highest BCUT2D eigenvalue weighted by molar-refractivity contribution is 5.96. The molecule has 4 rings (SSSR count). The van der Waals surface area contributed by atoms with Crippen LogP contribution in [0.25, 0.3) is 10.9 Å². The zero-order valence-electron chi connectivity index (χ0n) is 14.2. The maximum absolute atomic E-state index is 13.5. The Morgan fingerprint density at radius 1 is 1.24 bits per heavy atom. The second-order valence-corrected chi connectivity index (χ2v) is 6.38. The van der Waals surface area contributed by atoms with Crippen LogP contribution < -0.4 is 4.74 Å². The van der Waals surface area contributed by atoms with Crippen LogP contribution in [0.4, 0.5) is 4.39 Å². The van der Waals surface area contributed by atoms with Gasteiger partial charge in [0.2, 0.25) is 0 Å². The molecule has 1 aliphatic rings. The molecule has 1 amide bonds. The van der Waals surface area contributed by atoms with E-state index in [4.69, 9.17) is 4.74 Å². The van der Waals surface area contributed by atoms with Crippen LogP contribution in [0.15, 0.2) is 36.4 Å². The van der Waals surface area contributed by atoms with Crippen LogP contribution in [0.5, 0.6) is 5.75 Å². The first-order valence-corrected chi connectivity index (χ1v) is 8.30. The van der Waals surface area contributed by atoms with Gasteiger partial charge in [-0.1, -0.05) is 6.07 Å². The number of halogens is 1. The smallest absolute Gasteiger partial charge is 0.254 e. The molecule has 0 atom stereocenters. The Morgan fingerprint density at radius 3 is 2.84 bits per heavy atom. The normalized spacial score (nSPS) is 13.8. The summed E-state index contributed by atoms with van der Waals surface area (Å²) in [6.07, 6.45) is 0.757. The molecule has 3 aromatic rings. The molecule has 2 heterocycles. The van der Waals surface area contributed by atoms with Crippen molar-refractivity contribution in [3.8, 4) is 5.75 Å². The predicted octanol–water partition coefficient (Wildman–Crippen LogP) is 3.82. The summed E-state index contributed by atoms with van der Waals surface area (Å²) < 4.78 is 19.0. The van der Waals surface area contributed by atoms with Crippen molar-refractivity contribution in [1.82, 2.24) is 9.88 Å². The van der Waals surface area contributed by atoms with Crippen LogP contribution in [0.1, 0.15) is 27.2 Å². The Labute approximate surface area is 145 Å². The van der Waals surface area contributed by atoms with Gasteiger partial charge in [-0.3, -0.25) is 4.79 Å². The Hall–Kier alpha value is -2.82. The molecule has 1 aliphatic heterocycles. The van der Waals surface area contributed by atoms with E-state index in [2.05, 4.69) is 11.9 Å². The number of hydrogen-bond donors (Lipinski definition) is 1. The maximum atomic E-state index is 13.5. The van der Waals surface area contributed by atoms with Gasteiger partial charge in [0.05, 0.1) is 13.7 Å². The summed E-state index contributed by atoms with van der Waals surface area (Å²) in [5, 5.41) is 1.14. The number of aryl methyl sites for hydroxylation is 1. The lowest BCUT2D eigenvalue weighted by atomic mass is 10.0. The molecular formula is C20H19FN2O2. The highest BCUT2D eigenvalue weighted by Gasteiger charge is 2.25. The first-order chi connectivity index (χ1) is 12.1. The van der Waals surface area contributed by atoms with E-state index in [-0.39, 0.29) is 5.91 Å². The molecule has 0 saturated heterocycles. The number of methoxy groups -OCH3 is 1. The second kappa shape index (κ2) is 5.92. The number of amides is 1. The summed E-state index contributed by atoms with van der Waals surface area (Å²) in [7, 11) is 1.64. The molecule has 0 spiro atoms. The Kier molecular flexibility index (Phi) is 3.71. The highest BCUT2D eigenvalue weighted by atomic mass is 19.1. The third-order valence-electron chi connectivity index (χ3n) is 4.91. The zero-order chi connectivity index (χ0) is 17.6. The lowest BCUT2D eigenvalue weighted by molar-refractivity contribution is 0.0746. The van der Waals surface area contributed by atoms with Crippen molar-refractivity contribution in [2.24, 2.45) is 0 Å². The number of benzene rings is 2. The van der Waals surface area contributed by atoms with E-state index in [1.54, 1.807) is 24.1 Å². The van der Waals surface area contributed by atoms with Crippen molar-refractivity contribution in [2.75, 3.05) is 13.7 Å². The van der Waals surface area contributed by atoms with Crippen molar-refractivity contribution in [1.29, 1.82) is 0 Å². The minimum atomic E-state index is -0.400. The minimum absolute atomic E-state index is 0.162. The van der Waals surface area contributed by atoms with Crippen molar-refractivity contribution in [3.05, 3.63) is 64.6 Å². The number of aromatic amines is 1. The zero-order valence-corrected chi connectivity index (χ0v) is 14.2. The van der Waals surface area contributed by atoms with Crippen LogP contribution >= 0.6 is 0 Å². The lowest BCUT2D eigenvalue weighted by Crippen LogP contribution is -2.31. The fourth-order valence-corrected chi connectivity index (χ4v) is 3.70. The Bertz CT molecular complexity index is 977. The van der Waals surface area contributed by atoms with Crippen molar-refractivity contribution in [3.63, 3.8) is 0 Å². The molecule has 0 fully saturated rings. The summed E-state index contributed by atoms with van der Waals surface area (Å²) >= 11 is 0. The number of ether oxygens (including phenoxy) is 1. The van der Waals surface area contributed by atoms with E-state index in [0.717, 1.165) is 34.3 Å². The minimum Gasteiger partial charge on any atom is -0.496 e. The number of carbonyl (C=O) groups is 1. The van der Waals surface area contributed by atoms with E-state index in [1.807, 2.05) is 12.1 Å². The van der Waals surface area contributed by atoms with Crippen molar-refractivity contribution < 1.29 is 13.9 Å². The molecule has 25 heavy (non-hydrogen) atoms. The predicted molar refractivity (Wildman–Crippen MR) is 94.4 cm³/mol. The van der Waals surface area contributed by atoms with Gasteiger partial charge in [-0.2, -0.15) is 0 Å². The quantitative estimate of drug-likeness (QED) is 0.772. The van der Waals surface area contributed by atoms with Gasteiger partial charge in [0.25, 0.3) is 5.91 Å². The fraction of sp³-hybridized carbons (Fsp3) is 0.250. The van der Waals surface area contributed by atoms with Gasteiger partial charge in [-0.25, -0.2) is 4.39 Å². The third kappa shape index (κ3) is 2.56. The van der Waals surface area contributed by atoms with E-state index in [1.165, 1.54) is 17.7 Å². The number of carbonyl (C=O) groups excluding carboxylic acids is 1. The van der Waals surface area contributed by atoms with Crippen LogP contribution in [0.2, 0.25) is 0 Å². The number of nitrogens with zero attached hydrogens (tertiary/aromatic N) is 1. The molecule has 2 aromatic carbocycles. The van der Waals surface area contributed by atoms with Crippen LogP contribution in [0, 0.1) is 12.7 Å². The van der Waals surface area contributed by atoms with Gasteiger partial charge < -0.3 is 14.6 Å². The molecule has 128 valence electrons. The lowest BCUT2D eigenvalue weighted by Gasteiger charge is -2.22. The van der Waals surface area contributed by atoms with E-state index < -0.39 is 5.82 Å². The monoisotopic (exact) mass is 338 g/mol. The second-order valence-electron chi connectivity index (χ2n) is 6.38. The largest absolute Gasteiger partial charge is 0.496 e. The molecule has 1 N–H and O–H groups in total. The van der Waals surface area contributed by atoms with Crippen LogP contribution in [0.3, 0.4) is 0 Å². The van der Waals surface area contributed by atoms with Crippen LogP contribution in [-0.2, 0) is 13.0 Å². The van der Waals surface area contributed by atoms with Crippen molar-refractivity contribution in [2.45, 2.75) is 19.9 Å². The first-order valence-electron chi connectivity index (χ1n) is 8.30. The third-order valence-corrected chi connectivity index (χ3v) is 4.91. The molecule has 1 aromatic heterocycles. The van der Waals surface area contributed by atoms with Gasteiger partial charge in [-0.15, -0.1) is 0 Å². The summed E-state index contributed by atoms with van der Waals surface area (Å²) in [5.74, 6) is 0.208. The molecular weight excluding hydrogens is 319 g/mol. The average Bonchev–Trinajstić information content (AvgIpc) is 2.80. The van der Waals surface area contributed by atoms with E-state index >= 15 is 0 Å². The van der Waals surface area contributed by atoms with E-state index in [9.17, 15) is 9.18 Å². The van der Waals surface area contributed by atoms with Gasteiger partial charge in [0.1, 0.15) is 11.6 Å².